The van der Waals surface area contributed by atoms with E-state index in [1.165, 1.54) is 31.4 Å². The third-order valence-electron chi connectivity index (χ3n) is 5.80. The maximum atomic E-state index is 12.9. The van der Waals surface area contributed by atoms with Crippen molar-refractivity contribution in [2.45, 2.75) is 37.5 Å². The zero-order valence-corrected chi connectivity index (χ0v) is 16.3. The lowest BCUT2D eigenvalue weighted by Gasteiger charge is -2.21. The van der Waals surface area contributed by atoms with Crippen LogP contribution >= 0.6 is 0 Å². The van der Waals surface area contributed by atoms with Crippen molar-refractivity contribution in [3.8, 4) is 0 Å². The molecule has 2 aromatic carbocycles. The fourth-order valence-corrected chi connectivity index (χ4v) is 4.13. The Morgan fingerprint density at radius 2 is 1.33 bits per heavy atom. The second-order valence-corrected chi connectivity index (χ2v) is 7.68. The smallest absolute Gasteiger partial charge is 0.416 e. The average molecular weight is 430 g/mol. The summed E-state index contributed by atoms with van der Waals surface area (Å²) in [4.78, 5) is 11.8. The van der Waals surface area contributed by atoms with Crippen LogP contribution < -0.4 is 0 Å². The number of hydrogen-bond acceptors (Lipinski definition) is 2. The highest BCUT2D eigenvalue weighted by Gasteiger charge is 2.57. The first-order valence-corrected chi connectivity index (χ1v) is 9.33. The van der Waals surface area contributed by atoms with Gasteiger partial charge in [0, 0.05) is 5.41 Å². The number of rotatable bonds is 5. The van der Waals surface area contributed by atoms with E-state index >= 15 is 0 Å². The SMILES string of the molecule is COC(=O)C(C)CC1CC1(c1ccc(C(F)(F)F)cc1)c1ccc(C(F)(F)F)cc1. The summed E-state index contributed by atoms with van der Waals surface area (Å²) in [7, 11) is 1.27. The van der Waals surface area contributed by atoms with Crippen molar-refractivity contribution in [2.75, 3.05) is 7.11 Å². The Balaban J connectivity index is 1.98. The maximum Gasteiger partial charge on any atom is 0.416 e. The van der Waals surface area contributed by atoms with E-state index in [4.69, 9.17) is 4.74 Å². The Labute approximate surface area is 169 Å². The van der Waals surface area contributed by atoms with Gasteiger partial charge in [-0.2, -0.15) is 26.3 Å². The minimum Gasteiger partial charge on any atom is -0.469 e. The van der Waals surface area contributed by atoms with Crippen LogP contribution in [0.3, 0.4) is 0 Å². The summed E-state index contributed by atoms with van der Waals surface area (Å²) in [5.74, 6) is -0.957. The van der Waals surface area contributed by atoms with Gasteiger partial charge < -0.3 is 4.74 Å². The lowest BCUT2D eigenvalue weighted by atomic mass is 9.83. The molecule has 0 saturated heterocycles. The summed E-state index contributed by atoms with van der Waals surface area (Å²) in [5, 5.41) is 0. The second-order valence-electron chi connectivity index (χ2n) is 7.68. The Kier molecular flexibility index (Phi) is 5.64. The number of alkyl halides is 6. The lowest BCUT2D eigenvalue weighted by Crippen LogP contribution is -2.18. The normalized spacial score (nSPS) is 19.3. The van der Waals surface area contributed by atoms with Crippen LogP contribution in [0, 0.1) is 11.8 Å². The van der Waals surface area contributed by atoms with E-state index in [-0.39, 0.29) is 5.92 Å². The van der Waals surface area contributed by atoms with Gasteiger partial charge in [0.2, 0.25) is 0 Å². The van der Waals surface area contributed by atoms with Gasteiger partial charge in [0.05, 0.1) is 24.2 Å². The first-order chi connectivity index (χ1) is 13.9. The molecular weight excluding hydrogens is 410 g/mol. The van der Waals surface area contributed by atoms with Crippen molar-refractivity contribution < 1.29 is 35.9 Å². The highest BCUT2D eigenvalue weighted by Crippen LogP contribution is 2.61. The number of carbonyl (C=O) groups is 1. The van der Waals surface area contributed by atoms with E-state index in [1.54, 1.807) is 6.92 Å². The molecule has 0 amide bonds. The first-order valence-electron chi connectivity index (χ1n) is 9.33. The van der Waals surface area contributed by atoms with Crippen LogP contribution in [-0.2, 0) is 27.3 Å². The molecule has 2 atom stereocenters. The molecule has 0 N–H and O–H groups in total. The van der Waals surface area contributed by atoms with E-state index < -0.39 is 40.8 Å². The molecule has 0 heterocycles. The van der Waals surface area contributed by atoms with Crippen LogP contribution in [0.1, 0.15) is 42.0 Å². The minimum absolute atomic E-state index is 0.111. The number of hydrogen-bond donors (Lipinski definition) is 0. The highest BCUT2D eigenvalue weighted by molar-refractivity contribution is 5.72. The number of halogens is 6. The van der Waals surface area contributed by atoms with E-state index in [9.17, 15) is 31.1 Å². The van der Waals surface area contributed by atoms with E-state index in [1.807, 2.05) is 0 Å². The summed E-state index contributed by atoms with van der Waals surface area (Å²) < 4.78 is 82.3. The third-order valence-corrected chi connectivity index (χ3v) is 5.80. The third kappa shape index (κ3) is 4.18. The molecule has 0 aliphatic heterocycles. The fourth-order valence-electron chi connectivity index (χ4n) is 4.13. The molecule has 8 heteroatoms. The fraction of sp³-hybridized carbons (Fsp3) is 0.409. The predicted molar refractivity (Wildman–Crippen MR) is 97.6 cm³/mol. The Bertz CT molecular complexity index is 840. The predicted octanol–water partition coefficient (Wildman–Crippen LogP) is 6.23. The Morgan fingerprint density at radius 1 is 0.933 bits per heavy atom. The van der Waals surface area contributed by atoms with Gasteiger partial charge >= 0.3 is 18.3 Å². The van der Waals surface area contributed by atoms with Crippen LogP contribution in [-0.4, -0.2) is 13.1 Å². The topological polar surface area (TPSA) is 26.3 Å². The van der Waals surface area contributed by atoms with Crippen molar-refractivity contribution in [3.63, 3.8) is 0 Å². The quantitative estimate of drug-likeness (QED) is 0.415. The molecule has 0 radical (unpaired) electrons. The van der Waals surface area contributed by atoms with E-state index in [0.29, 0.717) is 24.0 Å². The van der Waals surface area contributed by atoms with Crippen molar-refractivity contribution in [1.29, 1.82) is 0 Å². The number of esters is 1. The minimum atomic E-state index is -4.48. The summed E-state index contributed by atoms with van der Waals surface area (Å²) in [6.45, 7) is 1.69. The van der Waals surface area contributed by atoms with Crippen LogP contribution in [0.5, 0.6) is 0 Å². The van der Waals surface area contributed by atoms with Gasteiger partial charge in [-0.15, -0.1) is 0 Å². The Hall–Kier alpha value is -2.51. The maximum absolute atomic E-state index is 12.9. The van der Waals surface area contributed by atoms with Gasteiger partial charge in [0.1, 0.15) is 0 Å². The molecule has 0 aromatic heterocycles. The molecule has 1 aliphatic rings. The van der Waals surface area contributed by atoms with Gasteiger partial charge in [-0.25, -0.2) is 0 Å². The van der Waals surface area contributed by atoms with Gasteiger partial charge in [0.15, 0.2) is 0 Å². The zero-order chi connectivity index (χ0) is 22.3. The lowest BCUT2D eigenvalue weighted by molar-refractivity contribution is -0.145. The molecule has 0 bridgehead atoms. The zero-order valence-electron chi connectivity index (χ0n) is 16.3. The van der Waals surface area contributed by atoms with E-state index in [2.05, 4.69) is 0 Å². The largest absolute Gasteiger partial charge is 0.469 e. The van der Waals surface area contributed by atoms with Gasteiger partial charge in [0.25, 0.3) is 0 Å². The molecule has 3 rings (SSSR count). The van der Waals surface area contributed by atoms with Gasteiger partial charge in [-0.3, -0.25) is 4.79 Å². The van der Waals surface area contributed by atoms with Crippen LogP contribution in [0.2, 0.25) is 0 Å². The Morgan fingerprint density at radius 3 is 1.67 bits per heavy atom. The average Bonchev–Trinajstić information content (AvgIpc) is 3.41. The van der Waals surface area contributed by atoms with E-state index in [0.717, 1.165) is 24.3 Å². The van der Waals surface area contributed by atoms with Crippen LogP contribution in [0.25, 0.3) is 0 Å². The van der Waals surface area contributed by atoms with Crippen molar-refractivity contribution in [1.82, 2.24) is 0 Å². The molecular formula is C22H20F6O2. The molecule has 1 saturated carbocycles. The number of benzene rings is 2. The molecule has 2 aromatic rings. The molecule has 162 valence electrons. The molecule has 1 aliphatic carbocycles. The number of methoxy groups -OCH3 is 1. The van der Waals surface area contributed by atoms with Crippen LogP contribution in [0.4, 0.5) is 26.3 Å². The van der Waals surface area contributed by atoms with Crippen molar-refractivity contribution in [3.05, 3.63) is 70.8 Å². The molecule has 2 nitrogen and oxygen atoms in total. The molecule has 2 unspecified atom stereocenters. The standard InChI is InChI=1S/C22H20F6O2/c1-13(19(29)30-2)11-18-12-20(18,14-3-7-16(8-4-14)21(23,24)25)15-5-9-17(10-6-15)22(26,27)28/h3-10,13,18H,11-12H2,1-2H3. The summed E-state index contributed by atoms with van der Waals surface area (Å²) >= 11 is 0. The number of ether oxygens (including phenoxy) is 1. The van der Waals surface area contributed by atoms with Crippen molar-refractivity contribution in [2.24, 2.45) is 11.8 Å². The molecule has 30 heavy (non-hydrogen) atoms. The van der Waals surface area contributed by atoms with Gasteiger partial charge in [-0.1, -0.05) is 31.2 Å². The second kappa shape index (κ2) is 7.63. The first kappa shape index (κ1) is 22.2. The number of carbonyl (C=O) groups excluding carboxylic acids is 1. The summed E-state index contributed by atoms with van der Waals surface area (Å²) in [6, 6.07) is 9.35. The summed E-state index contributed by atoms with van der Waals surface area (Å²) in [6.07, 6.45) is -8.04. The highest BCUT2D eigenvalue weighted by atomic mass is 19.4. The molecule has 1 fully saturated rings. The van der Waals surface area contributed by atoms with Crippen molar-refractivity contribution >= 4 is 5.97 Å². The summed E-state index contributed by atoms with van der Waals surface area (Å²) in [5.41, 5.74) is -1.17. The molecule has 0 spiro atoms. The monoisotopic (exact) mass is 430 g/mol. The van der Waals surface area contributed by atoms with Gasteiger partial charge in [-0.05, 0) is 54.2 Å². The van der Waals surface area contributed by atoms with Crippen LogP contribution in [0.15, 0.2) is 48.5 Å².